The van der Waals surface area contributed by atoms with Crippen LogP contribution in [-0.4, -0.2) is 26.7 Å². The number of hydrogen-bond donors (Lipinski definition) is 1. The Morgan fingerprint density at radius 2 is 1.96 bits per heavy atom. The van der Waals surface area contributed by atoms with Gasteiger partial charge in [0, 0.05) is 11.8 Å². The predicted molar refractivity (Wildman–Crippen MR) is 97.9 cm³/mol. The lowest BCUT2D eigenvalue weighted by Crippen LogP contribution is -2.05. The van der Waals surface area contributed by atoms with Gasteiger partial charge in [-0.3, -0.25) is 0 Å². The Morgan fingerprint density at radius 1 is 1.12 bits per heavy atom. The van der Waals surface area contributed by atoms with Crippen LogP contribution in [0.25, 0.3) is 17.2 Å². The van der Waals surface area contributed by atoms with Crippen molar-refractivity contribution < 1.29 is 9.15 Å². The molecule has 0 unspecified atom stereocenters. The quantitative estimate of drug-likeness (QED) is 0.575. The Morgan fingerprint density at radius 3 is 2.69 bits per heavy atom. The zero-order chi connectivity index (χ0) is 17.9. The highest BCUT2D eigenvalue weighted by atomic mass is 16.5. The number of furan rings is 1. The molecule has 26 heavy (non-hydrogen) atoms. The second kappa shape index (κ2) is 6.87. The van der Waals surface area contributed by atoms with Crippen LogP contribution in [0.5, 0.6) is 5.75 Å². The molecule has 0 spiro atoms. The van der Waals surface area contributed by atoms with Gasteiger partial charge in [-0.05, 0) is 49.1 Å². The number of ether oxygens (including phenoxy) is 1. The smallest absolute Gasteiger partial charge is 0.223 e. The molecule has 0 atom stereocenters. The number of fused-ring (bicyclic) bond motifs is 1. The van der Waals surface area contributed by atoms with E-state index in [4.69, 9.17) is 14.9 Å². The van der Waals surface area contributed by atoms with Crippen molar-refractivity contribution in [2.24, 2.45) is 0 Å². The number of anilines is 1. The van der Waals surface area contributed by atoms with Gasteiger partial charge in [-0.1, -0.05) is 12.1 Å². The first-order valence-electron chi connectivity index (χ1n) is 8.42. The third-order valence-electron chi connectivity index (χ3n) is 4.20. The standard InChI is InChI=1S/C19H19N5O2/c1-25-15-9-7-13(8-10-15)4-2-5-14-12-17-22-18(16-6-3-11-26-16)23-24(17)19(20)21-14/h3,6-12H,2,4-5H2,1H3,(H2,20,21). The van der Waals surface area contributed by atoms with E-state index in [1.807, 2.05) is 24.3 Å². The van der Waals surface area contributed by atoms with Crippen molar-refractivity contribution in [3.8, 4) is 17.3 Å². The molecule has 0 fully saturated rings. The molecule has 7 heteroatoms. The van der Waals surface area contributed by atoms with Crippen LogP contribution < -0.4 is 10.5 Å². The molecule has 132 valence electrons. The number of rotatable bonds is 6. The number of nitrogens with two attached hydrogens (primary N) is 1. The van der Waals surface area contributed by atoms with E-state index in [9.17, 15) is 0 Å². The van der Waals surface area contributed by atoms with Gasteiger partial charge in [0.25, 0.3) is 0 Å². The predicted octanol–water partition coefficient (Wildman–Crippen LogP) is 3.15. The van der Waals surface area contributed by atoms with Crippen molar-refractivity contribution in [2.45, 2.75) is 19.3 Å². The lowest BCUT2D eigenvalue weighted by molar-refractivity contribution is 0.414. The molecule has 0 amide bonds. The third-order valence-corrected chi connectivity index (χ3v) is 4.20. The summed E-state index contributed by atoms with van der Waals surface area (Å²) in [5.41, 5.74) is 8.88. The summed E-state index contributed by atoms with van der Waals surface area (Å²) in [6.45, 7) is 0. The minimum atomic E-state index is 0.326. The van der Waals surface area contributed by atoms with E-state index < -0.39 is 0 Å². The largest absolute Gasteiger partial charge is 0.497 e. The van der Waals surface area contributed by atoms with Gasteiger partial charge in [0.05, 0.1) is 13.4 Å². The highest BCUT2D eigenvalue weighted by molar-refractivity contribution is 5.54. The van der Waals surface area contributed by atoms with Gasteiger partial charge < -0.3 is 14.9 Å². The van der Waals surface area contributed by atoms with Crippen molar-refractivity contribution in [3.63, 3.8) is 0 Å². The Hall–Kier alpha value is -3.35. The molecule has 0 bridgehead atoms. The van der Waals surface area contributed by atoms with E-state index in [1.165, 1.54) is 10.1 Å². The van der Waals surface area contributed by atoms with Gasteiger partial charge >= 0.3 is 0 Å². The first-order valence-corrected chi connectivity index (χ1v) is 8.42. The monoisotopic (exact) mass is 349 g/mol. The molecule has 0 aliphatic carbocycles. The molecule has 4 aromatic rings. The van der Waals surface area contributed by atoms with Crippen molar-refractivity contribution in [1.29, 1.82) is 0 Å². The number of benzene rings is 1. The average molecular weight is 349 g/mol. The van der Waals surface area contributed by atoms with Crippen LogP contribution in [0, 0.1) is 0 Å². The van der Waals surface area contributed by atoms with Gasteiger partial charge in [0.15, 0.2) is 11.4 Å². The van der Waals surface area contributed by atoms with Crippen molar-refractivity contribution >= 4 is 11.6 Å². The van der Waals surface area contributed by atoms with Crippen LogP contribution in [0.3, 0.4) is 0 Å². The Kier molecular flexibility index (Phi) is 4.27. The molecule has 3 heterocycles. The molecule has 1 aromatic carbocycles. The van der Waals surface area contributed by atoms with E-state index in [2.05, 4.69) is 27.2 Å². The van der Waals surface area contributed by atoms with Gasteiger partial charge in [-0.2, -0.15) is 4.52 Å². The third kappa shape index (κ3) is 3.23. The fraction of sp³-hybridized carbons (Fsp3) is 0.211. The molecular formula is C19H19N5O2. The van der Waals surface area contributed by atoms with Crippen LogP contribution in [-0.2, 0) is 12.8 Å². The molecule has 4 rings (SSSR count). The zero-order valence-corrected chi connectivity index (χ0v) is 14.4. The number of hydrogen-bond acceptors (Lipinski definition) is 6. The molecule has 0 saturated heterocycles. The summed E-state index contributed by atoms with van der Waals surface area (Å²) in [7, 11) is 1.67. The molecule has 3 aromatic heterocycles. The van der Waals surface area contributed by atoms with Gasteiger partial charge in [-0.25, -0.2) is 9.97 Å². The Labute approximate surface area is 150 Å². The highest BCUT2D eigenvalue weighted by Crippen LogP contribution is 2.19. The van der Waals surface area contributed by atoms with Crippen LogP contribution >= 0.6 is 0 Å². The number of aryl methyl sites for hydroxylation is 2. The van der Waals surface area contributed by atoms with Crippen LogP contribution in [0.15, 0.2) is 53.1 Å². The maximum Gasteiger partial charge on any atom is 0.223 e. The topological polar surface area (TPSA) is 91.5 Å². The first-order chi connectivity index (χ1) is 12.7. The van der Waals surface area contributed by atoms with Gasteiger partial charge in [0.1, 0.15) is 5.75 Å². The molecular weight excluding hydrogens is 330 g/mol. The van der Waals surface area contributed by atoms with Crippen LogP contribution in [0.4, 0.5) is 5.95 Å². The SMILES string of the molecule is COc1ccc(CCCc2cc3nc(-c4ccco4)nn3c(N)n2)cc1. The molecule has 7 nitrogen and oxygen atoms in total. The maximum absolute atomic E-state index is 6.04. The molecule has 0 aliphatic heterocycles. The number of nitrogen functional groups attached to an aromatic ring is 1. The summed E-state index contributed by atoms with van der Waals surface area (Å²) in [5.74, 6) is 2.30. The summed E-state index contributed by atoms with van der Waals surface area (Å²) in [6.07, 6.45) is 4.33. The Balaban J connectivity index is 1.48. The molecule has 0 aliphatic rings. The van der Waals surface area contributed by atoms with Gasteiger partial charge in [0.2, 0.25) is 11.8 Å². The summed E-state index contributed by atoms with van der Waals surface area (Å²) in [6, 6.07) is 13.6. The van der Waals surface area contributed by atoms with E-state index in [1.54, 1.807) is 19.4 Å². The summed E-state index contributed by atoms with van der Waals surface area (Å²) < 4.78 is 12.1. The first kappa shape index (κ1) is 16.1. The summed E-state index contributed by atoms with van der Waals surface area (Å²) >= 11 is 0. The fourth-order valence-corrected chi connectivity index (χ4v) is 2.87. The lowest BCUT2D eigenvalue weighted by Gasteiger charge is -2.05. The molecule has 0 radical (unpaired) electrons. The van der Waals surface area contributed by atoms with E-state index in [0.717, 1.165) is 30.7 Å². The maximum atomic E-state index is 6.04. The van der Waals surface area contributed by atoms with Crippen molar-refractivity contribution in [3.05, 3.63) is 60.0 Å². The molecule has 0 saturated carbocycles. The van der Waals surface area contributed by atoms with E-state index >= 15 is 0 Å². The van der Waals surface area contributed by atoms with Crippen molar-refractivity contribution in [2.75, 3.05) is 12.8 Å². The van der Waals surface area contributed by atoms with Gasteiger partial charge in [-0.15, -0.1) is 5.10 Å². The number of methoxy groups -OCH3 is 1. The summed E-state index contributed by atoms with van der Waals surface area (Å²) in [5, 5.41) is 4.35. The normalized spacial score (nSPS) is 11.1. The molecule has 2 N–H and O–H groups in total. The van der Waals surface area contributed by atoms with Crippen molar-refractivity contribution in [1.82, 2.24) is 19.6 Å². The second-order valence-electron chi connectivity index (χ2n) is 5.99. The number of nitrogens with zero attached hydrogens (tertiary/aromatic N) is 4. The number of aromatic nitrogens is 4. The van der Waals surface area contributed by atoms with Crippen LogP contribution in [0.1, 0.15) is 17.7 Å². The Bertz CT molecular complexity index is 1010. The highest BCUT2D eigenvalue weighted by Gasteiger charge is 2.12. The summed E-state index contributed by atoms with van der Waals surface area (Å²) in [4.78, 5) is 8.93. The van der Waals surface area contributed by atoms with E-state index in [-0.39, 0.29) is 0 Å². The zero-order valence-electron chi connectivity index (χ0n) is 14.4. The van der Waals surface area contributed by atoms with E-state index in [0.29, 0.717) is 23.2 Å². The minimum Gasteiger partial charge on any atom is -0.497 e. The second-order valence-corrected chi connectivity index (χ2v) is 5.99. The minimum absolute atomic E-state index is 0.326. The lowest BCUT2D eigenvalue weighted by atomic mass is 10.1. The fourth-order valence-electron chi connectivity index (χ4n) is 2.87. The average Bonchev–Trinajstić information content (AvgIpc) is 3.32. The van der Waals surface area contributed by atoms with Crippen LogP contribution in [0.2, 0.25) is 0 Å².